The molecule has 184 valence electrons. The lowest BCUT2D eigenvalue weighted by Gasteiger charge is -2.32. The van der Waals surface area contributed by atoms with Crippen LogP contribution >= 0.6 is 0 Å². The topological polar surface area (TPSA) is 68.2 Å². The molecule has 0 aromatic heterocycles. The fourth-order valence-electron chi connectivity index (χ4n) is 4.00. The van der Waals surface area contributed by atoms with Crippen LogP contribution in [0.1, 0.15) is 22.9 Å². The predicted molar refractivity (Wildman–Crippen MR) is 120 cm³/mol. The molecule has 0 aliphatic carbocycles. The normalized spacial score (nSPS) is 22.1. The predicted octanol–water partition coefficient (Wildman–Crippen LogP) is 5.23. The van der Waals surface area contributed by atoms with Crippen LogP contribution in [0.2, 0.25) is 0 Å². The van der Waals surface area contributed by atoms with Crippen molar-refractivity contribution >= 4 is 6.09 Å². The van der Waals surface area contributed by atoms with Gasteiger partial charge in [-0.3, -0.25) is 4.90 Å². The zero-order valence-electron chi connectivity index (χ0n) is 18.8. The molecule has 1 fully saturated rings. The molecule has 1 N–H and O–H groups in total. The number of halogens is 3. The minimum atomic E-state index is -5.19. The van der Waals surface area contributed by atoms with E-state index in [-0.39, 0.29) is 18.6 Å². The van der Waals surface area contributed by atoms with Gasteiger partial charge in [0.2, 0.25) is 0 Å². The summed E-state index contributed by atoms with van der Waals surface area (Å²) in [5.74, 6) is -3.16. The van der Waals surface area contributed by atoms with Crippen molar-refractivity contribution in [3.63, 3.8) is 0 Å². The third-order valence-electron chi connectivity index (χ3n) is 5.83. The van der Waals surface area contributed by atoms with Crippen LogP contribution in [0.4, 0.5) is 18.0 Å². The summed E-state index contributed by atoms with van der Waals surface area (Å²) in [6, 6.07) is 21.2. The largest absolute Gasteiger partial charge is 0.497 e. The quantitative estimate of drug-likeness (QED) is 0.516. The molecular weight excluding hydrogens is 463 g/mol. The van der Waals surface area contributed by atoms with Gasteiger partial charge in [-0.25, -0.2) is 4.79 Å². The number of amides is 1. The second kappa shape index (κ2) is 9.97. The van der Waals surface area contributed by atoms with E-state index in [2.05, 4.69) is 0 Å². The fourth-order valence-corrected chi connectivity index (χ4v) is 4.00. The van der Waals surface area contributed by atoms with E-state index < -0.39 is 30.3 Å². The van der Waals surface area contributed by atoms with E-state index in [1.165, 1.54) is 31.4 Å². The Morgan fingerprint density at radius 3 is 2.09 bits per heavy atom. The molecule has 1 aliphatic heterocycles. The molecule has 3 aromatic rings. The van der Waals surface area contributed by atoms with Gasteiger partial charge < -0.3 is 19.3 Å². The third kappa shape index (κ3) is 5.11. The smallest absolute Gasteiger partial charge is 0.445 e. The zero-order valence-corrected chi connectivity index (χ0v) is 18.8. The van der Waals surface area contributed by atoms with Crippen molar-refractivity contribution in [2.24, 2.45) is 0 Å². The van der Waals surface area contributed by atoms with Gasteiger partial charge in [-0.05, 0) is 29.7 Å². The van der Waals surface area contributed by atoms with E-state index in [0.717, 1.165) is 4.90 Å². The van der Waals surface area contributed by atoms with E-state index in [9.17, 15) is 23.1 Å². The van der Waals surface area contributed by atoms with Crippen LogP contribution in [0.15, 0.2) is 84.9 Å². The Morgan fingerprint density at radius 1 is 0.971 bits per heavy atom. The van der Waals surface area contributed by atoms with Crippen molar-refractivity contribution < 1.29 is 37.3 Å². The highest BCUT2D eigenvalue weighted by atomic mass is 19.4. The van der Waals surface area contributed by atoms with E-state index in [1.807, 2.05) is 0 Å². The Balaban J connectivity index is 1.73. The molecule has 0 radical (unpaired) electrons. The van der Waals surface area contributed by atoms with Gasteiger partial charge in [0.05, 0.1) is 7.11 Å². The Bertz CT molecular complexity index is 1130. The number of aliphatic hydroxyl groups is 1. The first-order valence-corrected chi connectivity index (χ1v) is 10.9. The highest BCUT2D eigenvalue weighted by Gasteiger charge is 2.69. The van der Waals surface area contributed by atoms with Crippen LogP contribution in [-0.4, -0.2) is 41.2 Å². The lowest BCUT2D eigenvalue weighted by Crippen LogP contribution is -2.57. The molecule has 4 rings (SSSR count). The van der Waals surface area contributed by atoms with Crippen molar-refractivity contribution in [3.8, 4) is 5.75 Å². The highest BCUT2D eigenvalue weighted by Crippen LogP contribution is 2.49. The van der Waals surface area contributed by atoms with Crippen LogP contribution in [0, 0.1) is 0 Å². The number of benzene rings is 3. The van der Waals surface area contributed by atoms with Gasteiger partial charge in [0.15, 0.2) is 6.23 Å². The van der Waals surface area contributed by atoms with Gasteiger partial charge in [-0.15, -0.1) is 0 Å². The van der Waals surface area contributed by atoms with Gasteiger partial charge in [-0.2, -0.15) is 13.2 Å². The number of nitrogens with zero attached hydrogens (tertiary/aromatic N) is 1. The SMILES string of the molecule is COc1ccc(C2OC(O)(C(F)(F)F)[C@H](Cc3ccccc3)N2C(=O)OCc2ccccc2)cc1. The second-order valence-electron chi connectivity index (χ2n) is 8.09. The van der Waals surface area contributed by atoms with Crippen LogP contribution < -0.4 is 4.74 Å². The number of alkyl halides is 3. The first-order valence-electron chi connectivity index (χ1n) is 10.9. The van der Waals surface area contributed by atoms with Gasteiger partial charge in [0.25, 0.3) is 5.79 Å². The summed E-state index contributed by atoms with van der Waals surface area (Å²) < 4.78 is 58.4. The Hall–Kier alpha value is -3.56. The second-order valence-corrected chi connectivity index (χ2v) is 8.09. The van der Waals surface area contributed by atoms with Gasteiger partial charge in [0.1, 0.15) is 18.4 Å². The number of hydrogen-bond donors (Lipinski definition) is 1. The first-order chi connectivity index (χ1) is 16.7. The molecule has 0 saturated carbocycles. The molecule has 1 amide bonds. The summed E-state index contributed by atoms with van der Waals surface area (Å²) >= 11 is 0. The molecule has 35 heavy (non-hydrogen) atoms. The Morgan fingerprint density at radius 2 is 1.54 bits per heavy atom. The summed E-state index contributed by atoms with van der Waals surface area (Å²) in [6.45, 7) is -0.159. The number of ether oxygens (including phenoxy) is 3. The molecule has 9 heteroatoms. The average Bonchev–Trinajstić information content (AvgIpc) is 3.17. The molecule has 2 unspecified atom stereocenters. The van der Waals surface area contributed by atoms with Gasteiger partial charge in [0, 0.05) is 5.56 Å². The molecule has 0 bridgehead atoms. The first kappa shape index (κ1) is 24.6. The molecule has 0 spiro atoms. The molecule has 1 heterocycles. The standard InChI is InChI=1S/C26H24F3NO5/c1-33-21-14-12-20(13-15-21)23-30(24(31)34-17-19-10-6-3-7-11-19)22(16-18-8-4-2-5-9-18)25(32,35-23)26(27,28)29/h2-15,22-23,32H,16-17H2,1H3/t22-,23?,25?/m0/s1. The van der Waals surface area contributed by atoms with E-state index in [4.69, 9.17) is 14.2 Å². The Labute approximate surface area is 200 Å². The van der Waals surface area contributed by atoms with Crippen LogP contribution in [0.5, 0.6) is 5.75 Å². The lowest BCUT2D eigenvalue weighted by molar-refractivity contribution is -0.362. The number of carbonyl (C=O) groups excluding carboxylic acids is 1. The minimum Gasteiger partial charge on any atom is -0.497 e. The summed E-state index contributed by atoms with van der Waals surface area (Å²) in [4.78, 5) is 14.1. The van der Waals surface area contributed by atoms with Crippen molar-refractivity contribution in [3.05, 3.63) is 102 Å². The average molecular weight is 487 g/mol. The van der Waals surface area contributed by atoms with Crippen molar-refractivity contribution in [2.45, 2.75) is 37.3 Å². The lowest BCUT2D eigenvalue weighted by atomic mass is 9.97. The molecular formula is C26H24F3NO5. The summed E-state index contributed by atoms with van der Waals surface area (Å²) in [5, 5.41) is 10.9. The number of rotatable bonds is 6. The van der Waals surface area contributed by atoms with Crippen molar-refractivity contribution in [1.29, 1.82) is 0 Å². The number of carbonyl (C=O) groups is 1. The molecule has 3 aromatic carbocycles. The minimum absolute atomic E-state index is 0.159. The number of methoxy groups -OCH3 is 1. The maximum absolute atomic E-state index is 14.2. The maximum Gasteiger partial charge on any atom is 0.445 e. The van der Waals surface area contributed by atoms with Crippen LogP contribution in [0.3, 0.4) is 0 Å². The third-order valence-corrected chi connectivity index (χ3v) is 5.83. The van der Waals surface area contributed by atoms with Crippen molar-refractivity contribution in [2.75, 3.05) is 7.11 Å². The van der Waals surface area contributed by atoms with E-state index in [0.29, 0.717) is 16.9 Å². The molecule has 6 nitrogen and oxygen atoms in total. The number of hydrogen-bond acceptors (Lipinski definition) is 5. The molecule has 1 saturated heterocycles. The highest BCUT2D eigenvalue weighted by molar-refractivity contribution is 5.69. The Kier molecular flexibility index (Phi) is 7.00. The van der Waals surface area contributed by atoms with E-state index in [1.54, 1.807) is 60.7 Å². The molecule has 3 atom stereocenters. The van der Waals surface area contributed by atoms with Crippen molar-refractivity contribution in [1.82, 2.24) is 4.90 Å². The summed E-state index contributed by atoms with van der Waals surface area (Å²) in [6.07, 6.45) is -8.10. The monoisotopic (exact) mass is 487 g/mol. The van der Waals surface area contributed by atoms with Crippen LogP contribution in [0.25, 0.3) is 0 Å². The maximum atomic E-state index is 14.2. The zero-order chi connectivity index (χ0) is 25.1. The molecule has 1 aliphatic rings. The van der Waals surface area contributed by atoms with Gasteiger partial charge >= 0.3 is 12.3 Å². The summed E-state index contributed by atoms with van der Waals surface area (Å²) in [5.41, 5.74) is 1.37. The van der Waals surface area contributed by atoms with E-state index >= 15 is 0 Å². The summed E-state index contributed by atoms with van der Waals surface area (Å²) in [7, 11) is 1.45. The fraction of sp³-hybridized carbons (Fsp3) is 0.269. The van der Waals surface area contributed by atoms with Gasteiger partial charge in [-0.1, -0.05) is 72.8 Å². The van der Waals surface area contributed by atoms with Crippen LogP contribution in [-0.2, 0) is 22.5 Å².